The van der Waals surface area contributed by atoms with Crippen LogP contribution in [0.2, 0.25) is 0 Å². The van der Waals surface area contributed by atoms with E-state index < -0.39 is 4.92 Å². The summed E-state index contributed by atoms with van der Waals surface area (Å²) in [5, 5.41) is 10.9. The minimum absolute atomic E-state index is 0.00829. The molecule has 1 aromatic heterocycles. The summed E-state index contributed by atoms with van der Waals surface area (Å²) in [6.07, 6.45) is 4.20. The van der Waals surface area contributed by atoms with Crippen LogP contribution < -0.4 is 4.90 Å². The van der Waals surface area contributed by atoms with E-state index in [1.165, 1.54) is 12.1 Å². The third-order valence-corrected chi connectivity index (χ3v) is 4.05. The number of imidazole rings is 1. The molecule has 1 amide bonds. The number of aromatic nitrogens is 2. The van der Waals surface area contributed by atoms with Crippen molar-refractivity contribution in [2.24, 2.45) is 0 Å². The number of amides is 1. The number of rotatable bonds is 4. The SMILES string of the molecule is CC(C)c1nccn1CC(=O)N1CCc2ccc([N+](=O)[O-])cc21. The lowest BCUT2D eigenvalue weighted by atomic mass is 10.1. The van der Waals surface area contributed by atoms with Gasteiger partial charge in [-0.1, -0.05) is 19.9 Å². The number of non-ortho nitro benzene ring substituents is 1. The Bertz CT molecular complexity index is 766. The van der Waals surface area contributed by atoms with Crippen molar-refractivity contribution in [3.05, 3.63) is 52.1 Å². The van der Waals surface area contributed by atoms with Crippen LogP contribution in [0, 0.1) is 10.1 Å². The summed E-state index contributed by atoms with van der Waals surface area (Å²) in [6.45, 7) is 4.80. The molecule has 0 saturated carbocycles. The minimum Gasteiger partial charge on any atom is -0.325 e. The number of anilines is 1. The summed E-state index contributed by atoms with van der Waals surface area (Å²) in [4.78, 5) is 29.1. The molecule has 0 unspecified atom stereocenters. The average molecular weight is 314 g/mol. The monoisotopic (exact) mass is 314 g/mol. The molecule has 1 aliphatic heterocycles. The van der Waals surface area contributed by atoms with E-state index in [0.717, 1.165) is 17.8 Å². The van der Waals surface area contributed by atoms with Gasteiger partial charge < -0.3 is 9.47 Å². The predicted molar refractivity (Wildman–Crippen MR) is 85.5 cm³/mol. The van der Waals surface area contributed by atoms with Gasteiger partial charge in [0.25, 0.3) is 5.69 Å². The van der Waals surface area contributed by atoms with Crippen molar-refractivity contribution in [2.75, 3.05) is 11.4 Å². The van der Waals surface area contributed by atoms with E-state index in [2.05, 4.69) is 4.98 Å². The third kappa shape index (κ3) is 2.81. The Balaban J connectivity index is 1.84. The molecule has 1 aromatic carbocycles. The van der Waals surface area contributed by atoms with Crippen LogP contribution >= 0.6 is 0 Å². The number of hydrogen-bond donors (Lipinski definition) is 0. The maximum absolute atomic E-state index is 12.6. The number of nitro benzene ring substituents is 1. The van der Waals surface area contributed by atoms with E-state index >= 15 is 0 Å². The van der Waals surface area contributed by atoms with Crippen LogP contribution in [0.1, 0.15) is 31.2 Å². The fourth-order valence-corrected chi connectivity index (χ4v) is 2.93. The number of nitro groups is 1. The highest BCUT2D eigenvalue weighted by atomic mass is 16.6. The van der Waals surface area contributed by atoms with Crippen LogP contribution in [0.5, 0.6) is 0 Å². The highest BCUT2D eigenvalue weighted by Gasteiger charge is 2.27. The molecule has 0 fully saturated rings. The Kier molecular flexibility index (Phi) is 3.85. The van der Waals surface area contributed by atoms with Crippen molar-refractivity contribution in [3.63, 3.8) is 0 Å². The van der Waals surface area contributed by atoms with Crippen molar-refractivity contribution in [2.45, 2.75) is 32.7 Å². The summed E-state index contributed by atoms with van der Waals surface area (Å²) in [6, 6.07) is 4.70. The molecule has 2 aromatic rings. The minimum atomic E-state index is -0.437. The molecule has 3 rings (SSSR count). The number of carbonyl (C=O) groups is 1. The first-order valence-corrected chi connectivity index (χ1v) is 7.56. The highest BCUT2D eigenvalue weighted by molar-refractivity contribution is 5.95. The van der Waals surface area contributed by atoms with E-state index in [4.69, 9.17) is 0 Å². The average Bonchev–Trinajstić information content (AvgIpc) is 3.12. The zero-order valence-electron chi connectivity index (χ0n) is 13.1. The number of nitrogens with zero attached hydrogens (tertiary/aromatic N) is 4. The first-order valence-electron chi connectivity index (χ1n) is 7.56. The largest absolute Gasteiger partial charge is 0.325 e. The Hall–Kier alpha value is -2.70. The summed E-state index contributed by atoms with van der Waals surface area (Å²) >= 11 is 0. The smallest absolute Gasteiger partial charge is 0.271 e. The van der Waals surface area contributed by atoms with Crippen LogP contribution in [-0.4, -0.2) is 26.9 Å². The van der Waals surface area contributed by atoms with E-state index in [1.807, 2.05) is 18.4 Å². The summed E-state index contributed by atoms with van der Waals surface area (Å²) < 4.78 is 1.84. The first kappa shape index (κ1) is 15.2. The van der Waals surface area contributed by atoms with E-state index in [9.17, 15) is 14.9 Å². The maximum Gasteiger partial charge on any atom is 0.271 e. The second-order valence-corrected chi connectivity index (χ2v) is 5.93. The number of fused-ring (bicyclic) bond motifs is 1. The van der Waals surface area contributed by atoms with Gasteiger partial charge in [0.2, 0.25) is 5.91 Å². The van der Waals surface area contributed by atoms with Gasteiger partial charge in [-0.15, -0.1) is 0 Å². The van der Waals surface area contributed by atoms with Crippen LogP contribution in [0.4, 0.5) is 11.4 Å². The van der Waals surface area contributed by atoms with Gasteiger partial charge in [0.15, 0.2) is 0 Å². The van der Waals surface area contributed by atoms with Crippen LogP contribution in [0.15, 0.2) is 30.6 Å². The number of hydrogen-bond acceptors (Lipinski definition) is 4. The van der Waals surface area contributed by atoms with Crippen molar-refractivity contribution >= 4 is 17.3 Å². The Morgan fingerprint density at radius 1 is 1.43 bits per heavy atom. The first-order chi connectivity index (χ1) is 11.0. The zero-order valence-corrected chi connectivity index (χ0v) is 13.1. The van der Waals surface area contributed by atoms with Gasteiger partial charge in [-0.05, 0) is 12.0 Å². The lowest BCUT2D eigenvalue weighted by Gasteiger charge is -2.18. The van der Waals surface area contributed by atoms with Gasteiger partial charge >= 0.3 is 0 Å². The van der Waals surface area contributed by atoms with Gasteiger partial charge in [-0.2, -0.15) is 0 Å². The van der Waals surface area contributed by atoms with Gasteiger partial charge in [-0.25, -0.2) is 4.98 Å². The summed E-state index contributed by atoms with van der Waals surface area (Å²) in [5.74, 6) is 1.01. The normalized spacial score (nSPS) is 13.4. The Morgan fingerprint density at radius 2 is 2.22 bits per heavy atom. The van der Waals surface area contributed by atoms with Gasteiger partial charge in [0, 0.05) is 37.0 Å². The number of benzene rings is 1. The van der Waals surface area contributed by atoms with Gasteiger partial charge in [-0.3, -0.25) is 14.9 Å². The molecule has 1 aliphatic rings. The van der Waals surface area contributed by atoms with Gasteiger partial charge in [0.05, 0.1) is 10.6 Å². The topological polar surface area (TPSA) is 81.3 Å². The van der Waals surface area contributed by atoms with E-state index in [1.54, 1.807) is 23.4 Å². The highest BCUT2D eigenvalue weighted by Crippen LogP contribution is 2.32. The van der Waals surface area contributed by atoms with Crippen LogP contribution in [0.3, 0.4) is 0 Å². The van der Waals surface area contributed by atoms with Crippen molar-refractivity contribution < 1.29 is 9.72 Å². The van der Waals surface area contributed by atoms with E-state index in [0.29, 0.717) is 12.2 Å². The fraction of sp³-hybridized carbons (Fsp3) is 0.375. The molecular formula is C16H18N4O3. The predicted octanol–water partition coefficient (Wildman–Crippen LogP) is 2.50. The molecule has 7 heteroatoms. The second-order valence-electron chi connectivity index (χ2n) is 5.93. The Morgan fingerprint density at radius 3 is 2.91 bits per heavy atom. The molecule has 0 saturated heterocycles. The molecular weight excluding hydrogens is 296 g/mol. The molecule has 0 atom stereocenters. The number of carbonyl (C=O) groups excluding carboxylic acids is 1. The summed E-state index contributed by atoms with van der Waals surface area (Å²) in [5.41, 5.74) is 1.63. The summed E-state index contributed by atoms with van der Waals surface area (Å²) in [7, 11) is 0. The van der Waals surface area contributed by atoms with E-state index in [-0.39, 0.29) is 24.1 Å². The van der Waals surface area contributed by atoms with Crippen molar-refractivity contribution in [1.29, 1.82) is 0 Å². The molecule has 2 heterocycles. The molecule has 0 bridgehead atoms. The van der Waals surface area contributed by atoms with Crippen molar-refractivity contribution in [1.82, 2.24) is 9.55 Å². The lowest BCUT2D eigenvalue weighted by molar-refractivity contribution is -0.384. The second kappa shape index (κ2) is 5.83. The van der Waals surface area contributed by atoms with Crippen LogP contribution in [-0.2, 0) is 17.8 Å². The Labute approximate surface area is 133 Å². The molecule has 0 spiro atoms. The lowest BCUT2D eigenvalue weighted by Crippen LogP contribution is -2.32. The fourth-order valence-electron chi connectivity index (χ4n) is 2.93. The molecule has 120 valence electrons. The van der Waals surface area contributed by atoms with Gasteiger partial charge in [0.1, 0.15) is 12.4 Å². The molecule has 0 radical (unpaired) electrons. The maximum atomic E-state index is 12.6. The third-order valence-electron chi connectivity index (χ3n) is 4.05. The van der Waals surface area contributed by atoms with Crippen molar-refractivity contribution in [3.8, 4) is 0 Å². The molecule has 23 heavy (non-hydrogen) atoms. The zero-order chi connectivity index (χ0) is 16.6. The molecule has 0 N–H and O–H groups in total. The quantitative estimate of drug-likeness (QED) is 0.641. The standard InChI is InChI=1S/C16H18N4O3/c1-11(2)16-17-6-8-18(16)10-15(21)19-7-5-12-3-4-13(20(22)23)9-14(12)19/h3-4,6,8-9,11H,5,7,10H2,1-2H3. The molecule has 0 aliphatic carbocycles. The molecule has 7 nitrogen and oxygen atoms in total. The van der Waals surface area contributed by atoms with Crippen LogP contribution in [0.25, 0.3) is 0 Å².